The van der Waals surface area contributed by atoms with Crippen LogP contribution in [0.1, 0.15) is 11.1 Å². The summed E-state index contributed by atoms with van der Waals surface area (Å²) in [6, 6.07) is 5.37. The lowest BCUT2D eigenvalue weighted by atomic mass is 10.0. The predicted molar refractivity (Wildman–Crippen MR) is 85.9 cm³/mol. The molecule has 1 aromatic carbocycles. The summed E-state index contributed by atoms with van der Waals surface area (Å²) in [5, 5.41) is 19.7. The van der Waals surface area contributed by atoms with Gasteiger partial charge in [-0.2, -0.15) is 5.26 Å². The molecule has 2 rings (SSSR count). The van der Waals surface area contributed by atoms with E-state index in [2.05, 4.69) is 32.6 Å². The maximum atomic E-state index is 11.9. The fourth-order valence-electron chi connectivity index (χ4n) is 1.76. The van der Waals surface area contributed by atoms with Crippen molar-refractivity contribution >= 4 is 34.4 Å². The van der Waals surface area contributed by atoms with E-state index in [4.69, 9.17) is 5.26 Å². The third-order valence-corrected chi connectivity index (χ3v) is 3.93. The number of halogens is 1. The molecule has 0 amide bonds. The Hall–Kier alpha value is -1.53. The number of aromatic hydroxyl groups is 1. The number of aromatic amines is 1. The predicted octanol–water partition coefficient (Wildman–Crippen LogP) is 2.65. The Morgan fingerprint density at radius 2 is 2.20 bits per heavy atom. The van der Waals surface area contributed by atoms with Crippen LogP contribution in [0.3, 0.4) is 0 Å². The van der Waals surface area contributed by atoms with Crippen LogP contribution in [0.5, 0.6) is 5.75 Å². The van der Waals surface area contributed by atoms with Crippen molar-refractivity contribution in [3.63, 3.8) is 0 Å². The minimum absolute atomic E-state index is 0.0343. The second-order valence-electron chi connectivity index (χ2n) is 4.03. The number of thioether (sulfide) groups is 1. The SMILES string of the molecule is CSc1nc(-c2cc(I)cc(C)c2O)c(C#N)c(=O)[nH]1. The summed E-state index contributed by atoms with van der Waals surface area (Å²) in [6.07, 6.45) is 1.77. The molecule has 0 fully saturated rings. The molecule has 7 heteroatoms. The zero-order chi connectivity index (χ0) is 14.9. The second kappa shape index (κ2) is 5.85. The molecule has 0 spiro atoms. The number of phenolic OH excluding ortho intramolecular Hbond substituents is 1. The van der Waals surface area contributed by atoms with E-state index in [9.17, 15) is 9.90 Å². The van der Waals surface area contributed by atoms with Crippen molar-refractivity contribution in [2.75, 3.05) is 6.26 Å². The lowest BCUT2D eigenvalue weighted by Crippen LogP contribution is -2.14. The largest absolute Gasteiger partial charge is 0.507 e. The van der Waals surface area contributed by atoms with Crippen molar-refractivity contribution in [2.45, 2.75) is 12.1 Å². The van der Waals surface area contributed by atoms with Gasteiger partial charge in [-0.05, 0) is 53.5 Å². The van der Waals surface area contributed by atoms with E-state index in [-0.39, 0.29) is 17.0 Å². The van der Waals surface area contributed by atoms with Gasteiger partial charge in [0.1, 0.15) is 23.1 Å². The van der Waals surface area contributed by atoms with Gasteiger partial charge in [-0.25, -0.2) is 4.98 Å². The molecule has 2 aromatic rings. The molecule has 0 radical (unpaired) electrons. The molecule has 20 heavy (non-hydrogen) atoms. The highest BCUT2D eigenvalue weighted by atomic mass is 127. The fraction of sp³-hybridized carbons (Fsp3) is 0.154. The summed E-state index contributed by atoms with van der Waals surface area (Å²) in [6.45, 7) is 1.76. The average molecular weight is 399 g/mol. The molecule has 0 aliphatic carbocycles. The van der Waals surface area contributed by atoms with Crippen LogP contribution in [-0.2, 0) is 0 Å². The standard InChI is InChI=1S/C13H10IN3O2S/c1-6-3-7(14)4-8(11(6)18)10-9(5-15)12(19)17-13(16-10)20-2/h3-4,18H,1-2H3,(H,16,17,19). The van der Waals surface area contributed by atoms with Gasteiger partial charge in [0.2, 0.25) is 0 Å². The molecule has 0 aliphatic heterocycles. The summed E-state index contributed by atoms with van der Waals surface area (Å²) in [5.41, 5.74) is 0.674. The van der Waals surface area contributed by atoms with Crippen molar-refractivity contribution in [3.05, 3.63) is 37.2 Å². The molecule has 0 unspecified atom stereocenters. The molecule has 0 aliphatic rings. The van der Waals surface area contributed by atoms with Crippen molar-refractivity contribution in [3.8, 4) is 23.1 Å². The number of H-pyrrole nitrogens is 1. The summed E-state index contributed by atoms with van der Waals surface area (Å²) in [7, 11) is 0. The minimum Gasteiger partial charge on any atom is -0.507 e. The van der Waals surface area contributed by atoms with E-state index in [1.165, 1.54) is 11.8 Å². The maximum absolute atomic E-state index is 11.9. The van der Waals surface area contributed by atoms with Gasteiger partial charge in [-0.15, -0.1) is 0 Å². The van der Waals surface area contributed by atoms with Crippen LogP contribution in [0, 0.1) is 21.8 Å². The molecule has 0 saturated carbocycles. The van der Waals surface area contributed by atoms with Crippen LogP contribution in [0.4, 0.5) is 0 Å². The molecular formula is C13H10IN3O2S. The van der Waals surface area contributed by atoms with Crippen molar-refractivity contribution in [2.24, 2.45) is 0 Å². The van der Waals surface area contributed by atoms with Gasteiger partial charge >= 0.3 is 0 Å². The first-order chi connectivity index (χ1) is 9.47. The van der Waals surface area contributed by atoms with E-state index < -0.39 is 5.56 Å². The Bertz CT molecular complexity index is 780. The Morgan fingerprint density at radius 3 is 2.80 bits per heavy atom. The average Bonchev–Trinajstić information content (AvgIpc) is 2.41. The molecule has 0 saturated heterocycles. The van der Waals surface area contributed by atoms with Crippen LogP contribution >= 0.6 is 34.4 Å². The topological polar surface area (TPSA) is 89.8 Å². The van der Waals surface area contributed by atoms with Crippen LogP contribution < -0.4 is 5.56 Å². The van der Waals surface area contributed by atoms with Crippen LogP contribution in [0.25, 0.3) is 11.3 Å². The van der Waals surface area contributed by atoms with Crippen LogP contribution in [0.2, 0.25) is 0 Å². The summed E-state index contributed by atoms with van der Waals surface area (Å²) in [5.74, 6) is 0.0343. The van der Waals surface area contributed by atoms with Gasteiger partial charge in [0.25, 0.3) is 5.56 Å². The molecule has 102 valence electrons. The highest BCUT2D eigenvalue weighted by molar-refractivity contribution is 14.1. The van der Waals surface area contributed by atoms with E-state index >= 15 is 0 Å². The number of aryl methyl sites for hydroxylation is 1. The lowest BCUT2D eigenvalue weighted by molar-refractivity contribution is 0.472. The Labute approximate surface area is 133 Å². The monoisotopic (exact) mass is 399 g/mol. The van der Waals surface area contributed by atoms with Crippen LogP contribution in [0.15, 0.2) is 22.1 Å². The number of phenols is 1. The number of aromatic nitrogens is 2. The van der Waals surface area contributed by atoms with E-state index in [0.29, 0.717) is 16.3 Å². The van der Waals surface area contributed by atoms with Crippen molar-refractivity contribution in [1.29, 1.82) is 5.26 Å². The normalized spacial score (nSPS) is 10.3. The summed E-state index contributed by atoms with van der Waals surface area (Å²) >= 11 is 3.38. The van der Waals surface area contributed by atoms with Gasteiger partial charge in [-0.3, -0.25) is 4.79 Å². The molecule has 5 nitrogen and oxygen atoms in total. The quantitative estimate of drug-likeness (QED) is 0.461. The number of nitriles is 1. The van der Waals surface area contributed by atoms with Crippen molar-refractivity contribution in [1.82, 2.24) is 9.97 Å². The molecular weight excluding hydrogens is 389 g/mol. The van der Waals surface area contributed by atoms with Gasteiger partial charge < -0.3 is 10.1 Å². The molecule has 2 N–H and O–H groups in total. The summed E-state index contributed by atoms with van der Waals surface area (Å²) < 4.78 is 0.893. The number of nitrogens with one attached hydrogen (secondary N) is 1. The number of nitrogens with zero attached hydrogens (tertiary/aromatic N) is 2. The zero-order valence-electron chi connectivity index (χ0n) is 10.7. The second-order valence-corrected chi connectivity index (χ2v) is 6.07. The molecule has 0 bridgehead atoms. The highest BCUT2D eigenvalue weighted by Gasteiger charge is 2.17. The van der Waals surface area contributed by atoms with E-state index in [1.807, 2.05) is 12.1 Å². The van der Waals surface area contributed by atoms with E-state index in [1.54, 1.807) is 19.2 Å². The van der Waals surface area contributed by atoms with Gasteiger partial charge in [0.05, 0.1) is 0 Å². The first kappa shape index (κ1) is 14.9. The number of hydrogen-bond donors (Lipinski definition) is 2. The first-order valence-corrected chi connectivity index (χ1v) is 7.86. The third-order valence-electron chi connectivity index (χ3n) is 2.72. The molecule has 0 atom stereocenters. The van der Waals surface area contributed by atoms with Crippen molar-refractivity contribution < 1.29 is 5.11 Å². The van der Waals surface area contributed by atoms with Gasteiger partial charge in [-0.1, -0.05) is 11.8 Å². The molecule has 1 heterocycles. The van der Waals surface area contributed by atoms with Gasteiger partial charge in [0.15, 0.2) is 5.16 Å². The number of benzene rings is 1. The number of rotatable bonds is 2. The fourth-order valence-corrected chi connectivity index (χ4v) is 2.92. The zero-order valence-corrected chi connectivity index (χ0v) is 13.7. The Balaban J connectivity index is 2.85. The Kier molecular flexibility index (Phi) is 4.35. The lowest BCUT2D eigenvalue weighted by Gasteiger charge is -2.10. The van der Waals surface area contributed by atoms with E-state index in [0.717, 1.165) is 3.57 Å². The Morgan fingerprint density at radius 1 is 1.50 bits per heavy atom. The highest BCUT2D eigenvalue weighted by Crippen LogP contribution is 2.34. The number of hydrogen-bond acceptors (Lipinski definition) is 5. The van der Waals surface area contributed by atoms with Crippen LogP contribution in [-0.4, -0.2) is 21.3 Å². The summed E-state index contributed by atoms with van der Waals surface area (Å²) in [4.78, 5) is 18.7. The first-order valence-electron chi connectivity index (χ1n) is 5.55. The smallest absolute Gasteiger partial charge is 0.270 e. The third kappa shape index (κ3) is 2.66. The maximum Gasteiger partial charge on any atom is 0.270 e. The molecule has 1 aromatic heterocycles. The minimum atomic E-state index is -0.502. The van der Waals surface area contributed by atoms with Gasteiger partial charge in [0, 0.05) is 9.13 Å².